The van der Waals surface area contributed by atoms with Crippen LogP contribution in [0, 0.1) is 0 Å². The quantitative estimate of drug-likeness (QED) is 0.113. The van der Waals surface area contributed by atoms with Crippen LogP contribution in [0.25, 0.3) is 229 Å². The van der Waals surface area contributed by atoms with E-state index in [1.165, 1.54) is 196 Å². The number of hydrogen-bond donors (Lipinski definition) is 0. The third-order valence-electron chi connectivity index (χ3n) is 29.4. The Morgan fingerprint density at radius 2 is 0.448 bits per heavy atom. The second-order valence-corrected chi connectivity index (χ2v) is 40.4. The summed E-state index contributed by atoms with van der Waals surface area (Å²) in [5.74, 6) is 1.83. The van der Waals surface area contributed by atoms with Crippen LogP contribution in [0.4, 0.5) is 0 Å². The normalized spacial score (nSPS) is 14.5. The van der Waals surface area contributed by atoms with Gasteiger partial charge in [-0.25, -0.2) is 15.0 Å². The Bertz CT molecular complexity index is 9440. The Morgan fingerprint density at radius 3 is 0.692 bits per heavy atom. The Hall–Kier alpha value is -17.4. The maximum Gasteiger partial charge on any atom is 0.236 e. The number of rotatable bonds is 12. The molecule has 24 aromatic rings. The molecule has 9 nitrogen and oxygen atoms in total. The number of aliphatic imine (C=N–C) groups is 3. The number of nitrogens with zero attached hydrogens (tertiary/aromatic N) is 6. The van der Waals surface area contributed by atoms with Gasteiger partial charge in [-0.15, -0.1) is 0 Å². The van der Waals surface area contributed by atoms with Crippen molar-refractivity contribution in [3.05, 3.63) is 454 Å². The van der Waals surface area contributed by atoms with E-state index < -0.39 is 5.60 Å². The van der Waals surface area contributed by atoms with Crippen molar-refractivity contribution in [1.82, 2.24) is 15.0 Å². The number of benzene rings is 21. The highest BCUT2D eigenvalue weighted by Crippen LogP contribution is 2.52. The van der Waals surface area contributed by atoms with Crippen molar-refractivity contribution in [3.8, 4) is 100 Å². The van der Waals surface area contributed by atoms with Gasteiger partial charge in [0.05, 0.1) is 17.6 Å². The molecule has 3 aliphatic rings. The van der Waals surface area contributed by atoms with Gasteiger partial charge in [-0.2, -0.15) is 0 Å². The van der Waals surface area contributed by atoms with Gasteiger partial charge in [0.2, 0.25) is 17.7 Å². The van der Waals surface area contributed by atoms with E-state index in [1.54, 1.807) is 0 Å². The Balaban J connectivity index is 0.000000113. The van der Waals surface area contributed by atoms with Crippen LogP contribution >= 0.6 is 0 Å². The van der Waals surface area contributed by atoms with Gasteiger partial charge in [0.1, 0.15) is 34.9 Å². The van der Waals surface area contributed by atoms with Gasteiger partial charge < -0.3 is 14.2 Å². The van der Waals surface area contributed by atoms with Crippen LogP contribution in [0.2, 0.25) is 0 Å². The van der Waals surface area contributed by atoms with Crippen molar-refractivity contribution in [2.45, 2.75) is 77.7 Å². The largest absolute Gasteiger partial charge is 0.474 e. The molecular formula is C134H100N6O3. The van der Waals surface area contributed by atoms with Crippen LogP contribution in [0.5, 0.6) is 0 Å². The minimum absolute atomic E-state index is 0.223. The Kier molecular flexibility index (Phi) is 21.3. The van der Waals surface area contributed by atoms with E-state index in [9.17, 15) is 0 Å². The topological polar surface area (TPSA) is 103 Å². The Morgan fingerprint density at radius 1 is 0.203 bits per heavy atom. The van der Waals surface area contributed by atoms with Crippen molar-refractivity contribution in [2.75, 3.05) is 13.2 Å². The van der Waals surface area contributed by atoms with E-state index in [2.05, 4.69) is 461 Å². The first kappa shape index (κ1) is 87.1. The second kappa shape index (κ2) is 34.9. The first-order chi connectivity index (χ1) is 69.8. The molecule has 0 radical (unpaired) electrons. The zero-order chi connectivity index (χ0) is 96.4. The molecule has 21 aromatic carbocycles. The Labute approximate surface area is 830 Å². The molecule has 0 atom stereocenters. The highest BCUT2D eigenvalue weighted by molar-refractivity contribution is 6.26. The summed E-state index contributed by atoms with van der Waals surface area (Å²) in [6.07, 6.45) is 5.82. The summed E-state index contributed by atoms with van der Waals surface area (Å²) >= 11 is 0. The van der Waals surface area contributed by atoms with Crippen LogP contribution < -0.4 is 0 Å². The van der Waals surface area contributed by atoms with E-state index in [-0.39, 0.29) is 16.7 Å². The van der Waals surface area contributed by atoms with E-state index in [1.807, 2.05) is 36.8 Å². The molecule has 0 unspecified atom stereocenters. The highest BCUT2D eigenvalue weighted by Gasteiger charge is 2.46. The smallest absolute Gasteiger partial charge is 0.236 e. The number of ether oxygens (including phenoxy) is 3. The maximum atomic E-state index is 6.26. The monoisotopic (exact) mass is 1840 g/mol. The van der Waals surface area contributed by atoms with Crippen LogP contribution in [0.15, 0.2) is 452 Å². The maximum absolute atomic E-state index is 6.26. The lowest BCUT2D eigenvalue weighted by Gasteiger charge is -2.30. The van der Waals surface area contributed by atoms with Gasteiger partial charge in [-0.05, 0) is 341 Å². The third-order valence-corrected chi connectivity index (χ3v) is 29.4. The van der Waals surface area contributed by atoms with Crippen molar-refractivity contribution in [3.63, 3.8) is 0 Å². The number of aromatic nitrogens is 3. The molecule has 0 aliphatic carbocycles. The average molecular weight is 1840 g/mol. The summed E-state index contributed by atoms with van der Waals surface area (Å²) in [6.45, 7) is 17.8. The van der Waals surface area contributed by atoms with Gasteiger partial charge in [-0.3, -0.25) is 15.0 Å². The lowest BCUT2D eigenvalue weighted by molar-refractivity contribution is 0.0617. The zero-order valence-corrected chi connectivity index (χ0v) is 80.9. The van der Waals surface area contributed by atoms with Gasteiger partial charge >= 0.3 is 0 Å². The van der Waals surface area contributed by atoms with E-state index >= 15 is 0 Å². The van der Waals surface area contributed by atoms with Crippen molar-refractivity contribution in [1.29, 1.82) is 0 Å². The molecule has 143 heavy (non-hydrogen) atoms. The second-order valence-electron chi connectivity index (χ2n) is 40.4. The van der Waals surface area contributed by atoms with Crippen molar-refractivity contribution in [2.24, 2.45) is 15.0 Å². The SMILES string of the molecule is CC1(C)CN=C(c2ccc(-c3ccc4c(-c5ccc6ccccc6c5)c5ccccc5c(-c5ccc6ccccc6c5)c4c3)cn2)O1.CC1(C)COC(c2ccc(-c3ccc4c(-c5ccc6ccccc6c5)c5ccccc5c(-c5ccc6ccccc6c5)c4c3)cn2)=N1.CC1(C)N=C(c2ccc(-c3ccc4c(-c5ccc6ccccc6c5)c5ccccc5c(-c5ccc6ccccc6c5)c4c3)cn2)OC1(C)C. The number of fused-ring (bicyclic) bond motifs is 12. The molecule has 0 fully saturated rings. The molecular weight excluding hydrogens is 1740 g/mol. The number of hydrogen-bond acceptors (Lipinski definition) is 9. The molecule has 3 aliphatic heterocycles. The number of pyridine rings is 3. The molecule has 0 bridgehead atoms. The third kappa shape index (κ3) is 16.0. The minimum Gasteiger partial charge on any atom is -0.474 e. The van der Waals surface area contributed by atoms with Crippen molar-refractivity contribution < 1.29 is 14.2 Å². The molecule has 9 heteroatoms. The first-order valence-electron chi connectivity index (χ1n) is 49.3. The summed E-state index contributed by atoms with van der Waals surface area (Å²) in [4.78, 5) is 28.6. The molecule has 684 valence electrons. The zero-order valence-electron chi connectivity index (χ0n) is 80.9. The average Bonchev–Trinajstić information content (AvgIpc) is 0.752. The molecule has 0 spiro atoms. The molecule has 6 heterocycles. The van der Waals surface area contributed by atoms with Crippen LogP contribution in [0.1, 0.15) is 72.5 Å². The lowest BCUT2D eigenvalue weighted by atomic mass is 9.84. The van der Waals surface area contributed by atoms with Gasteiger partial charge in [0.15, 0.2) is 0 Å². The van der Waals surface area contributed by atoms with Crippen LogP contribution in [-0.4, -0.2) is 68.1 Å². The summed E-state index contributed by atoms with van der Waals surface area (Å²) in [6, 6.07) is 152. The fraction of sp³-hybridized carbons (Fsp3) is 0.104. The standard InChI is InChI=1S/C46H36N2O.2C44H32N2O/c1-45(2)46(3,4)49-44(48-45)41-24-22-36(28-47-41)33-21-23-39-40(27-33)43(35-20-18-30-12-6-8-14-32(30)26-35)38-16-10-9-15-37(38)42(39)34-19-17-29-11-5-7-13-31(29)25-34;1-44(2)27-47-43(46-44)40-22-20-35(26-45-40)32-19-21-38-39(25-32)42(34-18-16-29-10-4-6-12-31(29)24-34)37-14-8-7-13-36(37)41(38)33-17-15-28-9-3-5-11-30(28)23-33;1-44(2)27-46-43(47-44)40-22-20-35(26-45-40)32-19-21-38-39(25-32)42(34-18-16-29-10-4-6-12-31(29)24-34)37-14-8-7-13-36(37)41(38)33-17-15-28-9-3-5-11-30(28)23-33/h5-28H,1-4H3;2*3-26H,27H2,1-2H3. The molecule has 0 amide bonds. The fourth-order valence-electron chi connectivity index (χ4n) is 21.4. The summed E-state index contributed by atoms with van der Waals surface area (Å²) in [5.41, 5.74) is 22.3. The van der Waals surface area contributed by atoms with Gasteiger partial charge in [-0.1, -0.05) is 346 Å². The summed E-state index contributed by atoms with van der Waals surface area (Å²) in [7, 11) is 0. The molecule has 27 rings (SSSR count). The molecule has 0 N–H and O–H groups in total. The van der Waals surface area contributed by atoms with Crippen LogP contribution in [-0.2, 0) is 14.2 Å². The van der Waals surface area contributed by atoms with E-state index in [4.69, 9.17) is 39.1 Å². The summed E-state index contributed by atoms with van der Waals surface area (Å²) < 4.78 is 18.2. The minimum atomic E-state index is -0.397. The molecule has 3 aromatic heterocycles. The molecule has 0 saturated heterocycles. The summed E-state index contributed by atoms with van der Waals surface area (Å²) in [5, 5.41) is 29.6. The predicted molar refractivity (Wildman–Crippen MR) is 601 cm³/mol. The first-order valence-corrected chi connectivity index (χ1v) is 49.3. The van der Waals surface area contributed by atoms with Gasteiger partial charge in [0.25, 0.3) is 0 Å². The highest BCUT2D eigenvalue weighted by atomic mass is 16.5. The molecule has 0 saturated carbocycles. The van der Waals surface area contributed by atoms with E-state index in [0.717, 1.165) is 50.5 Å². The lowest BCUT2D eigenvalue weighted by Crippen LogP contribution is -2.41. The van der Waals surface area contributed by atoms with E-state index in [0.29, 0.717) is 30.8 Å². The van der Waals surface area contributed by atoms with Gasteiger partial charge in [0, 0.05) is 35.3 Å². The fourth-order valence-corrected chi connectivity index (χ4v) is 21.4. The predicted octanol–water partition coefficient (Wildman–Crippen LogP) is 34.5. The van der Waals surface area contributed by atoms with Crippen LogP contribution in [0.3, 0.4) is 0 Å². The van der Waals surface area contributed by atoms with Crippen molar-refractivity contribution >= 4 is 147 Å².